The fourth-order valence-electron chi connectivity index (χ4n) is 3.40. The predicted octanol–water partition coefficient (Wildman–Crippen LogP) is 4.23. The lowest BCUT2D eigenvalue weighted by atomic mass is 9.95. The van der Waals surface area contributed by atoms with Crippen molar-refractivity contribution >= 4 is 44.5 Å². The van der Waals surface area contributed by atoms with E-state index >= 15 is 0 Å². The number of pyridine rings is 1. The molecular weight excluding hydrogens is 364 g/mol. The van der Waals surface area contributed by atoms with Crippen LogP contribution < -0.4 is 11.1 Å². The number of aromatic nitrogens is 1. The van der Waals surface area contributed by atoms with Crippen molar-refractivity contribution in [3.8, 4) is 0 Å². The second kappa shape index (κ2) is 6.62. The van der Waals surface area contributed by atoms with Crippen molar-refractivity contribution in [2.45, 2.75) is 32.6 Å². The van der Waals surface area contributed by atoms with Gasteiger partial charge in [-0.15, -0.1) is 11.3 Å². The lowest BCUT2D eigenvalue weighted by Crippen LogP contribution is -2.12. The van der Waals surface area contributed by atoms with Gasteiger partial charge >= 0.3 is 0 Å². The largest absolute Gasteiger partial charge is 0.397 e. The number of anilines is 2. The monoisotopic (exact) mass is 382 g/mol. The molecule has 3 aromatic rings. The zero-order chi connectivity index (χ0) is 19.1. The Balaban J connectivity index is 1.68. The van der Waals surface area contributed by atoms with Crippen LogP contribution in [0.2, 0.25) is 0 Å². The fraction of sp³-hybridized carbons (Fsp3) is 0.263. The van der Waals surface area contributed by atoms with E-state index in [9.17, 15) is 14.9 Å². The van der Waals surface area contributed by atoms with Gasteiger partial charge < -0.3 is 11.1 Å². The quantitative estimate of drug-likeness (QED) is 0.520. The van der Waals surface area contributed by atoms with Crippen molar-refractivity contribution in [2.75, 3.05) is 11.1 Å². The van der Waals surface area contributed by atoms with Crippen molar-refractivity contribution in [1.82, 2.24) is 4.98 Å². The topological polar surface area (TPSA) is 111 Å². The number of amides is 1. The van der Waals surface area contributed by atoms with Gasteiger partial charge in [0.25, 0.3) is 11.6 Å². The van der Waals surface area contributed by atoms with E-state index in [0.717, 1.165) is 41.6 Å². The van der Waals surface area contributed by atoms with E-state index in [1.165, 1.54) is 23.0 Å². The number of nitrogens with zero attached hydrogens (tertiary/aromatic N) is 2. The van der Waals surface area contributed by atoms with E-state index in [2.05, 4.69) is 11.4 Å². The summed E-state index contributed by atoms with van der Waals surface area (Å²) >= 11 is 1.26. The minimum absolute atomic E-state index is 0.0357. The average Bonchev–Trinajstić information content (AvgIpc) is 2.97. The van der Waals surface area contributed by atoms with Gasteiger partial charge in [-0.25, -0.2) is 4.98 Å². The molecule has 2 heterocycles. The summed E-state index contributed by atoms with van der Waals surface area (Å²) in [5, 5.41) is 14.6. The maximum atomic E-state index is 12.7. The van der Waals surface area contributed by atoms with Gasteiger partial charge in [0.05, 0.1) is 10.6 Å². The van der Waals surface area contributed by atoms with Crippen molar-refractivity contribution in [3.05, 3.63) is 56.1 Å². The summed E-state index contributed by atoms with van der Waals surface area (Å²) in [7, 11) is 0. The van der Waals surface area contributed by atoms with Gasteiger partial charge in [0, 0.05) is 28.4 Å². The molecule has 0 saturated heterocycles. The molecule has 1 aromatic carbocycles. The Hall–Kier alpha value is -3.00. The Labute approximate surface area is 159 Å². The normalized spacial score (nSPS) is 13.4. The van der Waals surface area contributed by atoms with Gasteiger partial charge in [-0.2, -0.15) is 0 Å². The molecule has 0 atom stereocenters. The third kappa shape index (κ3) is 3.12. The van der Waals surface area contributed by atoms with Gasteiger partial charge in [0.2, 0.25) is 0 Å². The molecule has 2 aromatic heterocycles. The molecule has 8 heteroatoms. The Bertz CT molecular complexity index is 1090. The highest BCUT2D eigenvalue weighted by Gasteiger charge is 2.21. The summed E-state index contributed by atoms with van der Waals surface area (Å²) in [4.78, 5) is 29.2. The van der Waals surface area contributed by atoms with E-state index in [1.807, 2.05) is 0 Å². The number of aryl methyl sites for hydroxylation is 3. The summed E-state index contributed by atoms with van der Waals surface area (Å²) < 4.78 is 0. The maximum absolute atomic E-state index is 12.7. The molecule has 1 aliphatic rings. The molecule has 0 radical (unpaired) electrons. The van der Waals surface area contributed by atoms with Crippen molar-refractivity contribution in [1.29, 1.82) is 0 Å². The van der Waals surface area contributed by atoms with Crippen molar-refractivity contribution in [2.24, 2.45) is 0 Å². The Morgan fingerprint density at radius 3 is 2.85 bits per heavy atom. The van der Waals surface area contributed by atoms with Crippen molar-refractivity contribution < 1.29 is 9.72 Å². The van der Waals surface area contributed by atoms with Crippen LogP contribution in [0.15, 0.2) is 24.3 Å². The molecule has 27 heavy (non-hydrogen) atoms. The number of nitro benzene ring substituents is 1. The van der Waals surface area contributed by atoms with E-state index < -0.39 is 4.92 Å². The number of thiophene rings is 1. The van der Waals surface area contributed by atoms with Gasteiger partial charge in [-0.3, -0.25) is 14.9 Å². The van der Waals surface area contributed by atoms with Crippen LogP contribution in [0.3, 0.4) is 0 Å². The lowest BCUT2D eigenvalue weighted by molar-refractivity contribution is -0.385. The molecule has 0 unspecified atom stereocenters. The molecule has 0 saturated carbocycles. The number of nitrogens with two attached hydrogens (primary N) is 1. The van der Waals surface area contributed by atoms with Gasteiger partial charge in [-0.05, 0) is 50.3 Å². The number of hydrogen-bond donors (Lipinski definition) is 2. The standard InChI is InChI=1S/C19H18N4O3S/c1-10-6-7-12(9-15(10)23(25)26)21-18(24)17-16(20)13-8-11-4-2-3-5-14(11)22-19(13)27-17/h6-9H,2-5,20H2,1H3,(H,21,24). The number of hydrogen-bond acceptors (Lipinski definition) is 6. The molecule has 0 aliphatic heterocycles. The average molecular weight is 382 g/mol. The predicted molar refractivity (Wildman–Crippen MR) is 106 cm³/mol. The van der Waals surface area contributed by atoms with Crippen LogP contribution in [0.4, 0.5) is 17.1 Å². The number of benzene rings is 1. The summed E-state index contributed by atoms with van der Waals surface area (Å²) in [5.41, 5.74) is 9.81. The van der Waals surface area contributed by atoms with Crippen LogP contribution in [-0.4, -0.2) is 15.8 Å². The summed E-state index contributed by atoms with van der Waals surface area (Å²) in [6, 6.07) is 6.65. The third-order valence-electron chi connectivity index (χ3n) is 4.87. The molecule has 1 amide bonds. The number of carbonyl (C=O) groups is 1. The Morgan fingerprint density at radius 2 is 2.07 bits per heavy atom. The first-order valence-corrected chi connectivity index (χ1v) is 9.53. The Kier molecular flexibility index (Phi) is 4.27. The number of fused-ring (bicyclic) bond motifs is 2. The van der Waals surface area contributed by atoms with Crippen LogP contribution in [0, 0.1) is 17.0 Å². The lowest BCUT2D eigenvalue weighted by Gasteiger charge is -2.14. The third-order valence-corrected chi connectivity index (χ3v) is 5.98. The molecule has 3 N–H and O–H groups in total. The summed E-state index contributed by atoms with van der Waals surface area (Å²) in [6.07, 6.45) is 4.22. The number of nitro groups is 1. The summed E-state index contributed by atoms with van der Waals surface area (Å²) in [5.74, 6) is -0.383. The van der Waals surface area contributed by atoms with Crippen LogP contribution in [0.1, 0.15) is 39.3 Å². The fourth-order valence-corrected chi connectivity index (χ4v) is 4.39. The molecule has 4 rings (SSSR count). The Morgan fingerprint density at radius 1 is 1.30 bits per heavy atom. The highest BCUT2D eigenvalue weighted by atomic mass is 32.1. The van der Waals surface area contributed by atoms with Crippen LogP contribution in [0.25, 0.3) is 10.2 Å². The second-order valence-corrected chi connectivity index (χ2v) is 7.71. The molecule has 0 spiro atoms. The highest BCUT2D eigenvalue weighted by Crippen LogP contribution is 2.36. The zero-order valence-corrected chi connectivity index (χ0v) is 15.6. The first-order valence-electron chi connectivity index (χ1n) is 8.71. The SMILES string of the molecule is Cc1ccc(NC(=O)c2sc3nc4c(cc3c2N)CCCC4)cc1[N+](=O)[O-]. The second-order valence-electron chi connectivity index (χ2n) is 6.71. The van der Waals surface area contributed by atoms with Gasteiger partial charge in [0.1, 0.15) is 9.71 Å². The smallest absolute Gasteiger partial charge is 0.274 e. The molecular formula is C19H18N4O3S. The molecule has 0 bridgehead atoms. The number of carbonyl (C=O) groups excluding carboxylic acids is 1. The molecule has 0 fully saturated rings. The van der Waals surface area contributed by atoms with E-state index in [4.69, 9.17) is 10.7 Å². The van der Waals surface area contributed by atoms with Gasteiger partial charge in [0.15, 0.2) is 0 Å². The van der Waals surface area contributed by atoms with Crippen LogP contribution in [-0.2, 0) is 12.8 Å². The van der Waals surface area contributed by atoms with E-state index in [0.29, 0.717) is 21.8 Å². The minimum atomic E-state index is -0.465. The first kappa shape index (κ1) is 17.4. The van der Waals surface area contributed by atoms with E-state index in [-0.39, 0.29) is 11.6 Å². The van der Waals surface area contributed by atoms with Crippen molar-refractivity contribution in [3.63, 3.8) is 0 Å². The molecule has 7 nitrogen and oxygen atoms in total. The number of rotatable bonds is 3. The van der Waals surface area contributed by atoms with E-state index in [1.54, 1.807) is 19.1 Å². The summed E-state index contributed by atoms with van der Waals surface area (Å²) in [6.45, 7) is 1.65. The molecule has 138 valence electrons. The number of nitrogens with one attached hydrogen (secondary N) is 1. The van der Waals surface area contributed by atoms with Crippen LogP contribution in [0.5, 0.6) is 0 Å². The maximum Gasteiger partial charge on any atom is 0.274 e. The van der Waals surface area contributed by atoms with Crippen LogP contribution >= 0.6 is 11.3 Å². The zero-order valence-electron chi connectivity index (χ0n) is 14.7. The molecule has 1 aliphatic carbocycles. The highest BCUT2D eigenvalue weighted by molar-refractivity contribution is 7.21. The number of nitrogen functional groups attached to an aromatic ring is 1. The minimum Gasteiger partial charge on any atom is -0.397 e. The first-order chi connectivity index (χ1) is 12.9. The van der Waals surface area contributed by atoms with Gasteiger partial charge in [-0.1, -0.05) is 6.07 Å².